The molecule has 4 aromatic rings. The summed E-state index contributed by atoms with van der Waals surface area (Å²) in [4.78, 5) is 17.1. The van der Waals surface area contributed by atoms with E-state index in [1.54, 1.807) is 23.5 Å². The number of thiazole rings is 1. The lowest BCUT2D eigenvalue weighted by Gasteiger charge is -2.21. The minimum atomic E-state index is -0.981. The highest BCUT2D eigenvalue weighted by atomic mass is 32.2. The van der Waals surface area contributed by atoms with E-state index < -0.39 is 5.97 Å². The summed E-state index contributed by atoms with van der Waals surface area (Å²) in [6.45, 7) is 0. The molecular weight excluding hydrogens is 464 g/mol. The van der Waals surface area contributed by atoms with E-state index in [9.17, 15) is 9.90 Å². The highest BCUT2D eigenvalue weighted by molar-refractivity contribution is 8.00. The highest BCUT2D eigenvalue weighted by Gasteiger charge is 2.16. The maximum atomic E-state index is 11.2. The van der Waals surface area contributed by atoms with Crippen LogP contribution in [0.3, 0.4) is 0 Å². The van der Waals surface area contributed by atoms with E-state index in [2.05, 4.69) is 47.2 Å². The lowest BCUT2D eigenvalue weighted by atomic mass is 9.84. The molecule has 5 rings (SSSR count). The molecule has 0 unspecified atom stereocenters. The van der Waals surface area contributed by atoms with Gasteiger partial charge >= 0.3 is 5.97 Å². The van der Waals surface area contributed by atoms with Crippen LogP contribution in [-0.4, -0.2) is 23.2 Å². The van der Waals surface area contributed by atoms with Gasteiger partial charge in [-0.1, -0.05) is 43.5 Å². The Morgan fingerprint density at radius 2 is 1.85 bits per heavy atom. The normalized spacial score (nSPS) is 14.3. The van der Waals surface area contributed by atoms with Crippen LogP contribution in [0.15, 0.2) is 65.6 Å². The highest BCUT2D eigenvalue weighted by Crippen LogP contribution is 2.36. The molecule has 7 heteroatoms. The van der Waals surface area contributed by atoms with Crippen LogP contribution in [-0.2, 0) is 0 Å². The van der Waals surface area contributed by atoms with Gasteiger partial charge < -0.3 is 14.6 Å². The van der Waals surface area contributed by atoms with Gasteiger partial charge in [-0.25, -0.2) is 9.78 Å². The monoisotopic (exact) mass is 490 g/mol. The standard InChI is InChI=1S/C27H26N2O3S2/c1-32-24-15-20(27(30)31)11-13-22(24)29-34-21-12-14-25-23(16-21)28-26(33-25)19-9-7-18(8-10-19)17-5-3-2-4-6-17/h7-17,29H,2-6H2,1H3,(H,30,31). The van der Waals surface area contributed by atoms with Crippen molar-refractivity contribution in [2.24, 2.45) is 0 Å². The molecule has 0 bridgehead atoms. The lowest BCUT2D eigenvalue weighted by molar-refractivity contribution is 0.0696. The van der Waals surface area contributed by atoms with Gasteiger partial charge in [0.1, 0.15) is 10.8 Å². The second-order valence-corrected chi connectivity index (χ2v) is 10.4. The zero-order chi connectivity index (χ0) is 23.5. The van der Waals surface area contributed by atoms with E-state index in [1.807, 2.05) is 0 Å². The van der Waals surface area contributed by atoms with Crippen molar-refractivity contribution in [2.45, 2.75) is 42.9 Å². The number of fused-ring (bicyclic) bond motifs is 1. The van der Waals surface area contributed by atoms with Gasteiger partial charge in [-0.05, 0) is 72.7 Å². The van der Waals surface area contributed by atoms with E-state index >= 15 is 0 Å². The van der Waals surface area contributed by atoms with Crippen molar-refractivity contribution in [3.05, 3.63) is 71.8 Å². The summed E-state index contributed by atoms with van der Waals surface area (Å²) in [6, 6.07) is 20.0. The molecule has 1 aliphatic carbocycles. The van der Waals surface area contributed by atoms with Crippen LogP contribution >= 0.6 is 23.3 Å². The number of ether oxygens (including phenoxy) is 1. The number of methoxy groups -OCH3 is 1. The molecule has 2 N–H and O–H groups in total. The number of carboxylic acid groups (broad SMARTS) is 1. The number of carboxylic acids is 1. The van der Waals surface area contributed by atoms with Gasteiger partial charge in [-0.15, -0.1) is 11.3 Å². The summed E-state index contributed by atoms with van der Waals surface area (Å²) in [6.07, 6.45) is 6.69. The molecule has 0 saturated heterocycles. The first-order chi connectivity index (χ1) is 16.6. The third-order valence-electron chi connectivity index (χ3n) is 6.32. The number of carbonyl (C=O) groups is 1. The largest absolute Gasteiger partial charge is 0.495 e. The number of nitrogens with zero attached hydrogens (tertiary/aromatic N) is 1. The molecule has 3 aromatic carbocycles. The number of benzene rings is 3. The van der Waals surface area contributed by atoms with Crippen molar-refractivity contribution in [3.8, 4) is 16.3 Å². The van der Waals surface area contributed by atoms with Gasteiger partial charge in [0, 0.05) is 10.5 Å². The fraction of sp³-hybridized carbons (Fsp3) is 0.259. The predicted octanol–water partition coefficient (Wildman–Crippen LogP) is 7.84. The van der Waals surface area contributed by atoms with E-state index in [-0.39, 0.29) is 5.56 Å². The van der Waals surface area contributed by atoms with Crippen molar-refractivity contribution in [3.63, 3.8) is 0 Å². The van der Waals surface area contributed by atoms with Gasteiger partial charge in [0.2, 0.25) is 0 Å². The Morgan fingerprint density at radius 3 is 2.59 bits per heavy atom. The first-order valence-electron chi connectivity index (χ1n) is 11.5. The quantitative estimate of drug-likeness (QED) is 0.257. The van der Waals surface area contributed by atoms with Gasteiger partial charge in [-0.2, -0.15) is 0 Å². The number of nitrogens with one attached hydrogen (secondary N) is 1. The topological polar surface area (TPSA) is 71.5 Å². The Kier molecular flexibility index (Phi) is 6.74. The fourth-order valence-corrected chi connectivity index (χ4v) is 6.10. The summed E-state index contributed by atoms with van der Waals surface area (Å²) < 4.78 is 9.76. The number of aromatic nitrogens is 1. The number of rotatable bonds is 7. The average Bonchev–Trinajstić information content (AvgIpc) is 3.31. The SMILES string of the molecule is COc1cc(C(=O)O)ccc1NSc1ccc2sc(-c3ccc(C4CCCCC4)cc3)nc2c1. The molecule has 1 saturated carbocycles. The third kappa shape index (κ3) is 4.91. The fourth-order valence-electron chi connectivity index (χ4n) is 4.45. The smallest absolute Gasteiger partial charge is 0.335 e. The second kappa shape index (κ2) is 10.1. The van der Waals surface area contributed by atoms with Crippen LogP contribution in [0.2, 0.25) is 0 Å². The number of anilines is 1. The Hall–Kier alpha value is -3.03. The molecule has 1 heterocycles. The van der Waals surface area contributed by atoms with E-state index in [1.165, 1.54) is 62.8 Å². The van der Waals surface area contributed by atoms with Crippen molar-refractivity contribution in [2.75, 3.05) is 11.8 Å². The molecule has 1 fully saturated rings. The van der Waals surface area contributed by atoms with Gasteiger partial charge in [0.05, 0.1) is 28.6 Å². The first-order valence-corrected chi connectivity index (χ1v) is 13.1. The molecule has 0 spiro atoms. The summed E-state index contributed by atoms with van der Waals surface area (Å²) >= 11 is 3.15. The van der Waals surface area contributed by atoms with Crippen LogP contribution in [0.1, 0.15) is 53.9 Å². The van der Waals surface area contributed by atoms with Crippen molar-refractivity contribution in [1.29, 1.82) is 0 Å². The van der Waals surface area contributed by atoms with Gasteiger partial charge in [0.25, 0.3) is 0 Å². The van der Waals surface area contributed by atoms with Crippen molar-refractivity contribution >= 4 is 45.2 Å². The number of hydrogen-bond donors (Lipinski definition) is 2. The second-order valence-electron chi connectivity index (χ2n) is 8.53. The molecule has 1 aliphatic rings. The maximum absolute atomic E-state index is 11.2. The average molecular weight is 491 g/mol. The Bertz CT molecular complexity index is 1310. The minimum absolute atomic E-state index is 0.190. The van der Waals surface area contributed by atoms with E-state index in [0.29, 0.717) is 11.7 Å². The van der Waals surface area contributed by atoms with Crippen LogP contribution in [0.25, 0.3) is 20.8 Å². The summed E-state index contributed by atoms with van der Waals surface area (Å²) in [7, 11) is 1.53. The Labute approximate surface area is 207 Å². The number of hydrogen-bond acceptors (Lipinski definition) is 6. The molecule has 0 amide bonds. The van der Waals surface area contributed by atoms with E-state index in [4.69, 9.17) is 9.72 Å². The predicted molar refractivity (Wildman–Crippen MR) is 140 cm³/mol. The molecule has 5 nitrogen and oxygen atoms in total. The van der Waals surface area contributed by atoms with Gasteiger partial charge in [-0.3, -0.25) is 0 Å². The zero-order valence-corrected chi connectivity index (χ0v) is 20.5. The molecule has 0 aliphatic heterocycles. The molecule has 0 atom stereocenters. The van der Waals surface area contributed by atoms with Crippen LogP contribution in [0.5, 0.6) is 5.75 Å². The van der Waals surface area contributed by atoms with E-state index in [0.717, 1.165) is 31.4 Å². The molecule has 1 aromatic heterocycles. The summed E-state index contributed by atoms with van der Waals surface area (Å²) in [5.41, 5.74) is 4.50. The molecule has 174 valence electrons. The maximum Gasteiger partial charge on any atom is 0.335 e. The molecule has 34 heavy (non-hydrogen) atoms. The zero-order valence-electron chi connectivity index (χ0n) is 18.9. The minimum Gasteiger partial charge on any atom is -0.495 e. The molecule has 0 radical (unpaired) electrons. The van der Waals surface area contributed by atoms with Crippen molar-refractivity contribution in [1.82, 2.24) is 4.98 Å². The number of aromatic carboxylic acids is 1. The summed E-state index contributed by atoms with van der Waals surface area (Å²) in [5, 5.41) is 10.2. The first kappa shape index (κ1) is 22.7. The summed E-state index contributed by atoms with van der Waals surface area (Å²) in [5.74, 6) is 0.219. The van der Waals surface area contributed by atoms with Crippen LogP contribution in [0.4, 0.5) is 5.69 Å². The third-order valence-corrected chi connectivity index (χ3v) is 8.22. The molecular formula is C27H26N2O3S2. The van der Waals surface area contributed by atoms with Crippen molar-refractivity contribution < 1.29 is 14.6 Å². The Morgan fingerprint density at radius 1 is 1.06 bits per heavy atom. The van der Waals surface area contributed by atoms with Crippen LogP contribution in [0, 0.1) is 0 Å². The Balaban J connectivity index is 1.31. The van der Waals surface area contributed by atoms with Crippen LogP contribution < -0.4 is 9.46 Å². The lowest BCUT2D eigenvalue weighted by Crippen LogP contribution is -2.04. The van der Waals surface area contributed by atoms with Gasteiger partial charge in [0.15, 0.2) is 0 Å².